The van der Waals surface area contributed by atoms with Gasteiger partial charge in [0.25, 0.3) is 0 Å². The molecule has 0 bridgehead atoms. The summed E-state index contributed by atoms with van der Waals surface area (Å²) in [6, 6.07) is 8.88. The van der Waals surface area contributed by atoms with Crippen molar-refractivity contribution < 1.29 is 9.53 Å². The molecule has 0 fully saturated rings. The largest absolute Gasteiger partial charge is 0.490 e. The van der Waals surface area contributed by atoms with Crippen molar-refractivity contribution in [3.05, 3.63) is 30.5 Å². The van der Waals surface area contributed by atoms with Gasteiger partial charge in [-0.05, 0) is 18.2 Å². The molecule has 2 N–H and O–H groups in total. The smallest absolute Gasteiger partial charge is 0.324 e. The van der Waals surface area contributed by atoms with E-state index in [2.05, 4.69) is 26.7 Å². The first-order valence-corrected chi connectivity index (χ1v) is 7.62. The minimum atomic E-state index is -0.375. The van der Waals surface area contributed by atoms with Crippen molar-refractivity contribution in [3.63, 3.8) is 0 Å². The molecule has 2 aromatic rings. The summed E-state index contributed by atoms with van der Waals surface area (Å²) in [5.74, 6) is 1.25. The Morgan fingerprint density at radius 2 is 2.29 bits per heavy atom. The van der Waals surface area contributed by atoms with Gasteiger partial charge in [0.05, 0.1) is 31.3 Å². The molecule has 1 aliphatic rings. The van der Waals surface area contributed by atoms with Crippen LogP contribution in [-0.2, 0) is 6.54 Å². The number of fused-ring (bicyclic) bond motifs is 1. The second-order valence-corrected chi connectivity index (χ2v) is 5.40. The van der Waals surface area contributed by atoms with Crippen molar-refractivity contribution in [1.82, 2.24) is 9.78 Å². The lowest BCUT2D eigenvalue weighted by atomic mass is 10.2. The molecule has 0 spiro atoms. The molecule has 0 saturated carbocycles. The van der Waals surface area contributed by atoms with Crippen molar-refractivity contribution in [2.75, 3.05) is 35.7 Å². The minimum absolute atomic E-state index is 0.373. The van der Waals surface area contributed by atoms with Gasteiger partial charge in [-0.2, -0.15) is 10.4 Å². The van der Waals surface area contributed by atoms with Crippen molar-refractivity contribution >= 4 is 23.2 Å². The molecule has 1 aromatic heterocycles. The maximum absolute atomic E-state index is 12.1. The molecule has 24 heavy (non-hydrogen) atoms. The van der Waals surface area contributed by atoms with Crippen LogP contribution in [-0.4, -0.2) is 36.0 Å². The van der Waals surface area contributed by atoms with Gasteiger partial charge >= 0.3 is 6.03 Å². The van der Waals surface area contributed by atoms with Gasteiger partial charge in [0.2, 0.25) is 0 Å². The number of amides is 2. The first kappa shape index (κ1) is 15.7. The predicted octanol–water partition coefficient (Wildman–Crippen LogP) is 2.27. The van der Waals surface area contributed by atoms with Crippen molar-refractivity contribution in [3.8, 4) is 11.8 Å². The van der Waals surface area contributed by atoms with Crippen LogP contribution in [0.15, 0.2) is 30.5 Å². The standard InChI is InChI=1S/C16H18N6O2/c1-21-9-10-24-14-4-3-12(11-13(14)21)18-16(23)19-15-5-8-22(20-15)7-2-6-17/h3-5,8,11H,2,7,9-10H2,1H3,(H2,18,19,20,23). The molecular weight excluding hydrogens is 308 g/mol. The highest BCUT2D eigenvalue weighted by atomic mass is 16.5. The zero-order chi connectivity index (χ0) is 16.9. The molecule has 0 saturated heterocycles. The Labute approximate surface area is 139 Å². The average molecular weight is 326 g/mol. The molecule has 8 nitrogen and oxygen atoms in total. The van der Waals surface area contributed by atoms with E-state index in [1.165, 1.54) is 0 Å². The number of aryl methyl sites for hydroxylation is 1. The maximum Gasteiger partial charge on any atom is 0.324 e. The number of anilines is 3. The fourth-order valence-corrected chi connectivity index (χ4v) is 2.42. The lowest BCUT2D eigenvalue weighted by Crippen LogP contribution is -2.29. The van der Waals surface area contributed by atoms with Gasteiger partial charge in [-0.1, -0.05) is 0 Å². The van der Waals surface area contributed by atoms with Gasteiger partial charge in [-0.15, -0.1) is 0 Å². The quantitative estimate of drug-likeness (QED) is 0.898. The van der Waals surface area contributed by atoms with Crippen molar-refractivity contribution in [2.24, 2.45) is 0 Å². The predicted molar refractivity (Wildman–Crippen MR) is 90.3 cm³/mol. The zero-order valence-electron chi connectivity index (χ0n) is 13.3. The van der Waals surface area contributed by atoms with Crippen LogP contribution in [0.4, 0.5) is 22.0 Å². The number of carbonyl (C=O) groups is 1. The molecule has 2 amide bonds. The van der Waals surface area contributed by atoms with Crippen molar-refractivity contribution in [2.45, 2.75) is 13.0 Å². The number of nitrogens with zero attached hydrogens (tertiary/aromatic N) is 4. The second kappa shape index (κ2) is 6.91. The Balaban J connectivity index is 1.62. The summed E-state index contributed by atoms with van der Waals surface area (Å²) >= 11 is 0. The monoisotopic (exact) mass is 326 g/mol. The molecule has 1 aromatic carbocycles. The Morgan fingerprint density at radius 3 is 3.12 bits per heavy atom. The average Bonchev–Trinajstić information content (AvgIpc) is 3.01. The molecule has 3 rings (SSSR count). The molecule has 0 atom stereocenters. The normalized spacial score (nSPS) is 12.8. The third-order valence-electron chi connectivity index (χ3n) is 3.65. The minimum Gasteiger partial charge on any atom is -0.490 e. The van der Waals surface area contributed by atoms with E-state index in [-0.39, 0.29) is 6.03 Å². The van der Waals surface area contributed by atoms with E-state index < -0.39 is 0 Å². The van der Waals surface area contributed by atoms with Crippen LogP contribution in [0.3, 0.4) is 0 Å². The molecule has 0 radical (unpaired) electrons. The second-order valence-electron chi connectivity index (χ2n) is 5.40. The number of hydrogen-bond donors (Lipinski definition) is 2. The van der Waals surface area contributed by atoms with E-state index in [4.69, 9.17) is 10.00 Å². The lowest BCUT2D eigenvalue weighted by Gasteiger charge is -2.28. The van der Waals surface area contributed by atoms with E-state index >= 15 is 0 Å². The Bertz CT molecular complexity index is 779. The number of hydrogen-bond acceptors (Lipinski definition) is 5. The molecule has 8 heteroatoms. The van der Waals surface area contributed by atoms with Crippen LogP contribution in [0, 0.1) is 11.3 Å². The van der Waals surface area contributed by atoms with Crippen LogP contribution < -0.4 is 20.3 Å². The van der Waals surface area contributed by atoms with Gasteiger partial charge < -0.3 is 15.0 Å². The summed E-state index contributed by atoms with van der Waals surface area (Å²) < 4.78 is 7.19. The molecule has 0 aliphatic carbocycles. The molecule has 2 heterocycles. The number of likely N-dealkylation sites (N-methyl/N-ethyl adjacent to an activating group) is 1. The van der Waals surface area contributed by atoms with Crippen LogP contribution in [0.1, 0.15) is 6.42 Å². The van der Waals surface area contributed by atoms with Gasteiger partial charge in [-0.25, -0.2) is 4.79 Å². The summed E-state index contributed by atoms with van der Waals surface area (Å²) in [7, 11) is 1.99. The van der Waals surface area contributed by atoms with E-state index in [9.17, 15) is 4.79 Å². The highest BCUT2D eigenvalue weighted by Crippen LogP contribution is 2.33. The van der Waals surface area contributed by atoms with Crippen LogP contribution in [0.5, 0.6) is 5.75 Å². The number of carbonyl (C=O) groups excluding carboxylic acids is 1. The zero-order valence-corrected chi connectivity index (χ0v) is 13.3. The summed E-state index contributed by atoms with van der Waals surface area (Å²) in [5, 5.41) is 18.2. The lowest BCUT2D eigenvalue weighted by molar-refractivity contribution is 0.262. The Morgan fingerprint density at radius 1 is 1.42 bits per heavy atom. The fourth-order valence-electron chi connectivity index (χ4n) is 2.42. The number of rotatable bonds is 4. The third-order valence-corrected chi connectivity index (χ3v) is 3.65. The van der Waals surface area contributed by atoms with E-state index in [0.29, 0.717) is 31.1 Å². The topological polar surface area (TPSA) is 95.2 Å². The maximum atomic E-state index is 12.1. The van der Waals surface area contributed by atoms with Gasteiger partial charge in [-0.3, -0.25) is 10.00 Å². The van der Waals surface area contributed by atoms with Crippen LogP contribution in [0.2, 0.25) is 0 Å². The Hall–Kier alpha value is -3.21. The van der Waals surface area contributed by atoms with Crippen LogP contribution >= 0.6 is 0 Å². The summed E-state index contributed by atoms with van der Waals surface area (Å²) in [6.45, 7) is 1.96. The fraction of sp³-hybridized carbons (Fsp3) is 0.312. The van der Waals surface area contributed by atoms with Gasteiger partial charge in [0.15, 0.2) is 5.82 Å². The van der Waals surface area contributed by atoms with Crippen LogP contribution in [0.25, 0.3) is 0 Å². The molecule has 1 aliphatic heterocycles. The number of nitriles is 1. The first-order chi connectivity index (χ1) is 11.7. The van der Waals surface area contributed by atoms with Gasteiger partial charge in [0.1, 0.15) is 12.4 Å². The first-order valence-electron chi connectivity index (χ1n) is 7.62. The van der Waals surface area contributed by atoms with E-state index in [0.717, 1.165) is 18.0 Å². The highest BCUT2D eigenvalue weighted by Gasteiger charge is 2.15. The van der Waals surface area contributed by atoms with E-state index in [1.54, 1.807) is 23.0 Å². The van der Waals surface area contributed by atoms with Gasteiger partial charge in [0, 0.05) is 25.0 Å². The molecule has 124 valence electrons. The summed E-state index contributed by atoms with van der Waals surface area (Å²) in [6.07, 6.45) is 2.09. The molecular formula is C16H18N6O2. The number of benzene rings is 1. The number of nitrogens with one attached hydrogen (secondary N) is 2. The van der Waals surface area contributed by atoms with Crippen molar-refractivity contribution in [1.29, 1.82) is 5.26 Å². The molecule has 0 unspecified atom stereocenters. The Kier molecular flexibility index (Phi) is 4.52. The number of urea groups is 1. The number of ether oxygens (including phenoxy) is 1. The SMILES string of the molecule is CN1CCOc2ccc(NC(=O)Nc3ccn(CCC#N)n3)cc21. The summed E-state index contributed by atoms with van der Waals surface area (Å²) in [5.41, 5.74) is 1.62. The third kappa shape index (κ3) is 3.57. The van der Waals surface area contributed by atoms with E-state index in [1.807, 2.05) is 19.2 Å². The summed E-state index contributed by atoms with van der Waals surface area (Å²) in [4.78, 5) is 14.2. The highest BCUT2D eigenvalue weighted by molar-refractivity contribution is 5.99. The number of aromatic nitrogens is 2.